The molecule has 17 heavy (non-hydrogen) atoms. The number of esters is 1. The van der Waals surface area contributed by atoms with E-state index in [0.29, 0.717) is 6.42 Å². The Morgan fingerprint density at radius 3 is 2.53 bits per heavy atom. The van der Waals surface area contributed by atoms with E-state index in [2.05, 4.69) is 0 Å². The molecule has 0 amide bonds. The lowest BCUT2D eigenvalue weighted by Gasteiger charge is -2.28. The van der Waals surface area contributed by atoms with Gasteiger partial charge in [0.2, 0.25) is 0 Å². The molecule has 1 fully saturated rings. The quantitative estimate of drug-likeness (QED) is 0.333. The van der Waals surface area contributed by atoms with Gasteiger partial charge in [0.15, 0.2) is 5.78 Å². The van der Waals surface area contributed by atoms with E-state index in [1.54, 1.807) is 13.8 Å². The minimum atomic E-state index is -0.801. The maximum Gasteiger partial charge on any atom is 0.345 e. The molecule has 0 bridgehead atoms. The minimum absolute atomic E-state index is 0.243. The Balaban J connectivity index is 3.14. The number of Topliss-reactive ketones (excluding diaryl/α,β-unsaturated/α-hetero) is 1. The van der Waals surface area contributed by atoms with Gasteiger partial charge in [-0.05, 0) is 13.3 Å². The Hall–Kier alpha value is -1.36. The molecule has 0 aromatic rings. The first-order valence-corrected chi connectivity index (χ1v) is 5.73. The molecule has 5 heteroatoms. The third kappa shape index (κ3) is 2.49. The average molecular weight is 242 g/mol. The fourth-order valence-electron chi connectivity index (χ4n) is 1.71. The van der Waals surface area contributed by atoms with Crippen LogP contribution < -0.4 is 0 Å². The number of allylic oxidation sites excluding steroid dienone is 1. The van der Waals surface area contributed by atoms with Gasteiger partial charge in [-0.25, -0.2) is 4.79 Å². The molecule has 5 nitrogen and oxygen atoms in total. The van der Waals surface area contributed by atoms with Crippen molar-refractivity contribution >= 4 is 11.8 Å². The number of carbonyl (C=O) groups excluding carboxylic acids is 2. The monoisotopic (exact) mass is 242 g/mol. The zero-order valence-electron chi connectivity index (χ0n) is 10.3. The predicted octanol–water partition coefficient (Wildman–Crippen LogP) is 0.968. The summed E-state index contributed by atoms with van der Waals surface area (Å²) in [5.41, 5.74) is -0.309. The second kappa shape index (κ2) is 5.31. The van der Waals surface area contributed by atoms with Crippen LogP contribution in [0, 0.1) is 11.8 Å². The van der Waals surface area contributed by atoms with Crippen LogP contribution in [0.3, 0.4) is 0 Å². The molecule has 1 heterocycles. The Morgan fingerprint density at radius 2 is 2.06 bits per heavy atom. The van der Waals surface area contributed by atoms with Crippen molar-refractivity contribution in [1.82, 2.24) is 0 Å². The maximum absolute atomic E-state index is 12.0. The van der Waals surface area contributed by atoms with E-state index < -0.39 is 30.4 Å². The number of aliphatic hydroxyl groups excluding tert-OH is 2. The summed E-state index contributed by atoms with van der Waals surface area (Å²) in [6.45, 7) is 4.71. The third-order valence-electron chi connectivity index (χ3n) is 3.18. The van der Waals surface area contributed by atoms with Crippen LogP contribution in [0.2, 0.25) is 0 Å². The van der Waals surface area contributed by atoms with Crippen LogP contribution in [-0.2, 0) is 14.3 Å². The maximum atomic E-state index is 12.0. The molecule has 96 valence electrons. The van der Waals surface area contributed by atoms with E-state index >= 15 is 0 Å². The van der Waals surface area contributed by atoms with Gasteiger partial charge in [0, 0.05) is 5.92 Å². The van der Waals surface area contributed by atoms with Gasteiger partial charge in [0.1, 0.15) is 17.4 Å². The van der Waals surface area contributed by atoms with Gasteiger partial charge < -0.3 is 14.9 Å². The summed E-state index contributed by atoms with van der Waals surface area (Å²) in [7, 11) is 0. The summed E-state index contributed by atoms with van der Waals surface area (Å²) < 4.78 is 4.95. The molecule has 0 aromatic heterocycles. The summed E-state index contributed by atoms with van der Waals surface area (Å²) in [4.78, 5) is 23.6. The van der Waals surface area contributed by atoms with E-state index in [1.807, 2.05) is 6.92 Å². The van der Waals surface area contributed by atoms with Crippen LogP contribution >= 0.6 is 0 Å². The molecular weight excluding hydrogens is 224 g/mol. The van der Waals surface area contributed by atoms with Gasteiger partial charge in [-0.3, -0.25) is 4.79 Å². The standard InChI is InChI=1S/C12H18O5/c1-4-6(2)10(14)9-11(15)8(5-13)7(3)17-12(9)16/h6-8,13-14H,4-5H2,1-3H3/b10-9+. The van der Waals surface area contributed by atoms with E-state index in [9.17, 15) is 14.7 Å². The first-order valence-electron chi connectivity index (χ1n) is 5.73. The largest absolute Gasteiger partial charge is 0.511 e. The molecule has 1 aliphatic heterocycles. The van der Waals surface area contributed by atoms with E-state index in [0.717, 1.165) is 0 Å². The molecule has 0 aliphatic carbocycles. The van der Waals surface area contributed by atoms with Gasteiger partial charge in [-0.2, -0.15) is 0 Å². The number of hydrogen-bond acceptors (Lipinski definition) is 5. The SMILES string of the molecule is CCC(C)/C(O)=C1\C(=O)OC(C)C(CO)C1=O. The molecule has 1 rings (SSSR count). The summed E-state index contributed by atoms with van der Waals surface area (Å²) >= 11 is 0. The zero-order chi connectivity index (χ0) is 13.2. The van der Waals surface area contributed by atoms with Crippen LogP contribution in [0.1, 0.15) is 27.2 Å². The van der Waals surface area contributed by atoms with Crippen molar-refractivity contribution in [3.63, 3.8) is 0 Å². The molecular formula is C12H18O5. The van der Waals surface area contributed by atoms with Crippen molar-refractivity contribution in [2.24, 2.45) is 11.8 Å². The highest BCUT2D eigenvalue weighted by molar-refractivity contribution is 6.20. The van der Waals surface area contributed by atoms with Crippen molar-refractivity contribution in [2.75, 3.05) is 6.61 Å². The lowest BCUT2D eigenvalue weighted by atomic mass is 9.88. The summed E-state index contributed by atoms with van der Waals surface area (Å²) in [5.74, 6) is -2.64. The van der Waals surface area contributed by atoms with Gasteiger partial charge in [0.05, 0.1) is 12.5 Å². The van der Waals surface area contributed by atoms with E-state index in [4.69, 9.17) is 9.84 Å². The smallest absolute Gasteiger partial charge is 0.345 e. The van der Waals surface area contributed by atoms with Crippen molar-refractivity contribution < 1.29 is 24.5 Å². The van der Waals surface area contributed by atoms with Gasteiger partial charge >= 0.3 is 5.97 Å². The van der Waals surface area contributed by atoms with Crippen molar-refractivity contribution in [2.45, 2.75) is 33.3 Å². The fraction of sp³-hybridized carbons (Fsp3) is 0.667. The average Bonchev–Trinajstić information content (AvgIpc) is 2.27. The number of carbonyl (C=O) groups is 2. The molecule has 3 atom stereocenters. The molecule has 0 aromatic carbocycles. The van der Waals surface area contributed by atoms with Crippen molar-refractivity contribution in [3.8, 4) is 0 Å². The lowest BCUT2D eigenvalue weighted by Crippen LogP contribution is -2.42. The second-order valence-corrected chi connectivity index (χ2v) is 4.33. The number of aliphatic hydroxyl groups is 2. The Kier molecular flexibility index (Phi) is 4.28. The Labute approximate surface area is 100 Å². The number of ether oxygens (including phenoxy) is 1. The van der Waals surface area contributed by atoms with Crippen LogP contribution in [0.5, 0.6) is 0 Å². The molecule has 1 saturated heterocycles. The molecule has 0 spiro atoms. The highest BCUT2D eigenvalue weighted by Gasteiger charge is 2.41. The minimum Gasteiger partial charge on any atom is -0.511 e. The Morgan fingerprint density at radius 1 is 1.47 bits per heavy atom. The summed E-state index contributed by atoms with van der Waals surface area (Å²) in [5, 5.41) is 19.0. The highest BCUT2D eigenvalue weighted by atomic mass is 16.5. The first kappa shape index (κ1) is 13.7. The topological polar surface area (TPSA) is 83.8 Å². The van der Waals surface area contributed by atoms with Gasteiger partial charge in [-0.1, -0.05) is 13.8 Å². The Bertz CT molecular complexity index is 358. The molecule has 0 saturated carbocycles. The number of ketones is 1. The molecule has 0 radical (unpaired) electrons. The van der Waals surface area contributed by atoms with Gasteiger partial charge in [-0.15, -0.1) is 0 Å². The predicted molar refractivity (Wildman–Crippen MR) is 60.2 cm³/mol. The lowest BCUT2D eigenvalue weighted by molar-refractivity contribution is -0.156. The summed E-state index contributed by atoms with van der Waals surface area (Å²) in [6, 6.07) is 0. The van der Waals surface area contributed by atoms with E-state index in [-0.39, 0.29) is 17.3 Å². The highest BCUT2D eigenvalue weighted by Crippen LogP contribution is 2.27. The number of hydrogen-bond donors (Lipinski definition) is 2. The third-order valence-corrected chi connectivity index (χ3v) is 3.18. The van der Waals surface area contributed by atoms with Crippen molar-refractivity contribution in [3.05, 3.63) is 11.3 Å². The number of rotatable bonds is 3. The molecule has 1 aliphatic rings. The molecule has 3 unspecified atom stereocenters. The first-order chi connectivity index (χ1) is 7.93. The van der Waals surface area contributed by atoms with Crippen molar-refractivity contribution in [1.29, 1.82) is 0 Å². The molecule has 2 N–H and O–H groups in total. The van der Waals surface area contributed by atoms with Crippen LogP contribution in [-0.4, -0.2) is 34.7 Å². The van der Waals surface area contributed by atoms with Crippen LogP contribution in [0.25, 0.3) is 0 Å². The summed E-state index contributed by atoms with van der Waals surface area (Å²) in [6.07, 6.45) is -0.0524. The second-order valence-electron chi connectivity index (χ2n) is 4.33. The fourth-order valence-corrected chi connectivity index (χ4v) is 1.71. The van der Waals surface area contributed by atoms with E-state index in [1.165, 1.54) is 0 Å². The zero-order valence-corrected chi connectivity index (χ0v) is 10.3. The van der Waals surface area contributed by atoms with Crippen LogP contribution in [0.4, 0.5) is 0 Å². The number of cyclic esters (lactones) is 1. The van der Waals surface area contributed by atoms with Gasteiger partial charge in [0.25, 0.3) is 0 Å². The van der Waals surface area contributed by atoms with Crippen LogP contribution in [0.15, 0.2) is 11.3 Å². The normalized spacial score (nSPS) is 29.9.